The van der Waals surface area contributed by atoms with Crippen molar-refractivity contribution in [2.45, 2.75) is 65.0 Å². The van der Waals surface area contributed by atoms with Crippen LogP contribution >= 0.6 is 0 Å². The van der Waals surface area contributed by atoms with E-state index < -0.39 is 43.5 Å². The van der Waals surface area contributed by atoms with Crippen molar-refractivity contribution in [2.75, 3.05) is 0 Å². The quantitative estimate of drug-likeness (QED) is 0.773. The van der Waals surface area contributed by atoms with E-state index in [1.807, 2.05) is 0 Å². The summed E-state index contributed by atoms with van der Waals surface area (Å²) in [6.07, 6.45) is 0.614. The van der Waals surface area contributed by atoms with Gasteiger partial charge in [0.15, 0.2) is 11.2 Å². The zero-order chi connectivity index (χ0) is 24.0. The molecule has 23 heavy (non-hydrogen) atoms. The highest BCUT2D eigenvalue weighted by molar-refractivity contribution is 5.69. The number of hydrogen-bond acceptors (Lipinski definition) is 4. The number of unbranched alkanes of at least 4 members (excludes halogenated alkanes) is 1. The number of hydrogen-bond donors (Lipinski definition) is 1. The van der Waals surface area contributed by atoms with E-state index in [2.05, 4.69) is 4.98 Å². The number of aromatic nitrogens is 4. The summed E-state index contributed by atoms with van der Waals surface area (Å²) in [7, 11) is 1.39. The van der Waals surface area contributed by atoms with Crippen molar-refractivity contribution >= 4 is 11.2 Å². The van der Waals surface area contributed by atoms with Crippen molar-refractivity contribution < 1.29 is 16.1 Å². The fourth-order valence-corrected chi connectivity index (χ4v) is 2.41. The Morgan fingerprint density at radius 1 is 1.52 bits per heavy atom. The van der Waals surface area contributed by atoms with Gasteiger partial charge in [-0.15, -0.1) is 0 Å². The van der Waals surface area contributed by atoms with Gasteiger partial charge in [0.05, 0.1) is 11.9 Å². The zero-order valence-corrected chi connectivity index (χ0v) is 13.2. The average Bonchev–Trinajstić information content (AvgIpc) is 3.10. The molecule has 0 bridgehead atoms. The maximum Gasteiger partial charge on any atom is 0.332 e. The molecule has 0 fully saturated rings. The summed E-state index contributed by atoms with van der Waals surface area (Å²) in [6, 6.07) is 0. The second-order valence-corrected chi connectivity index (χ2v) is 5.41. The van der Waals surface area contributed by atoms with Crippen LogP contribution in [0.1, 0.15) is 57.3 Å². The molecule has 0 aliphatic heterocycles. The molecule has 0 aliphatic rings. The predicted molar refractivity (Wildman–Crippen MR) is 89.7 cm³/mol. The molecule has 0 saturated carbocycles. The summed E-state index contributed by atoms with van der Waals surface area (Å²) < 4.78 is 63.5. The first-order chi connectivity index (χ1) is 14.0. The number of aliphatic hydroxyl groups is 1. The van der Waals surface area contributed by atoms with Crippen LogP contribution in [0.3, 0.4) is 0 Å². The average molecular weight is 333 g/mol. The fraction of sp³-hybridized carbons (Fsp3) is 0.688. The van der Waals surface area contributed by atoms with Gasteiger partial charge in [-0.1, -0.05) is 6.92 Å². The Bertz CT molecular complexity index is 1050. The molecule has 2 aromatic rings. The van der Waals surface area contributed by atoms with Crippen molar-refractivity contribution in [1.29, 1.82) is 0 Å². The van der Waals surface area contributed by atoms with Gasteiger partial charge in [-0.05, 0) is 39.4 Å². The summed E-state index contributed by atoms with van der Waals surface area (Å²) in [5.74, 6) is 0. The molecule has 7 heteroatoms. The zero-order valence-electron chi connectivity index (χ0n) is 21.2. The summed E-state index contributed by atoms with van der Waals surface area (Å²) in [5, 5.41) is 10.3. The van der Waals surface area contributed by atoms with Crippen LogP contribution in [0.4, 0.5) is 0 Å². The molecular formula is C16H26N4O3. The first-order valence-electron chi connectivity index (χ1n) is 11.4. The van der Waals surface area contributed by atoms with E-state index in [1.165, 1.54) is 7.05 Å². The SMILES string of the molecule is [2H]C([2H])(CC)n1cnc2c1c(=O)n(CCCCC(O)(C([2H])([2H])[2H])C([3H])([3H])[3H])c(=O)n2C. The third-order valence-corrected chi connectivity index (χ3v) is 3.53. The van der Waals surface area contributed by atoms with Crippen molar-refractivity contribution in [3.8, 4) is 0 Å². The Labute approximate surface area is 146 Å². The van der Waals surface area contributed by atoms with Gasteiger partial charge in [0.2, 0.25) is 0 Å². The molecule has 7 nitrogen and oxygen atoms in total. The maximum absolute atomic E-state index is 12.9. The molecule has 0 spiro atoms. The van der Waals surface area contributed by atoms with Gasteiger partial charge in [-0.3, -0.25) is 13.9 Å². The minimum atomic E-state index is -3.14. The molecule has 0 radical (unpaired) electrons. The molecule has 1 atom stereocenters. The first-order valence-corrected chi connectivity index (χ1v) is 7.39. The van der Waals surface area contributed by atoms with E-state index in [-0.39, 0.29) is 37.0 Å². The molecule has 128 valence electrons. The van der Waals surface area contributed by atoms with Gasteiger partial charge in [-0.25, -0.2) is 9.78 Å². The lowest BCUT2D eigenvalue weighted by Gasteiger charge is -2.16. The van der Waals surface area contributed by atoms with Crippen LogP contribution in [0.25, 0.3) is 11.2 Å². The lowest BCUT2D eigenvalue weighted by atomic mass is 10.0. The Morgan fingerprint density at radius 3 is 2.96 bits per heavy atom. The van der Waals surface area contributed by atoms with Crippen molar-refractivity contribution in [3.63, 3.8) is 0 Å². The Morgan fingerprint density at radius 2 is 2.30 bits per heavy atom. The van der Waals surface area contributed by atoms with Crippen LogP contribution in [0, 0.1) is 0 Å². The van der Waals surface area contributed by atoms with E-state index in [9.17, 15) is 14.7 Å². The second kappa shape index (κ2) is 6.70. The highest BCUT2D eigenvalue weighted by atomic mass is 16.3. The summed E-state index contributed by atoms with van der Waals surface area (Å²) in [4.78, 5) is 29.5. The molecule has 1 unspecified atom stereocenters. The van der Waals surface area contributed by atoms with Crippen LogP contribution in [0.15, 0.2) is 15.9 Å². The number of imidazole rings is 1. The van der Waals surface area contributed by atoms with Crippen LogP contribution < -0.4 is 11.2 Å². The highest BCUT2D eigenvalue weighted by Crippen LogP contribution is 2.12. The minimum absolute atomic E-state index is 0.0303. The Kier molecular flexibility index (Phi) is 2.74. The Balaban J connectivity index is 2.36. The topological polar surface area (TPSA) is 82.1 Å². The first kappa shape index (κ1) is 9.42. The van der Waals surface area contributed by atoms with Crippen LogP contribution in [0.5, 0.6) is 0 Å². The molecule has 2 aromatic heterocycles. The standard InChI is InChI=1S/C16H26N4O3/c1-5-9-19-11-17-13-12(19)14(21)20(15(22)18(13)4)10-7-6-8-16(2,3)23/h11,23H,5-10H2,1-4H3/i2D3,3T3,9D2. The number of aryl methyl sites for hydroxylation is 2. The number of nitrogens with zero attached hydrogens (tertiary/aromatic N) is 4. The molecule has 0 saturated heterocycles. The fourth-order valence-electron chi connectivity index (χ4n) is 2.41. The monoisotopic (exact) mass is 333 g/mol. The summed E-state index contributed by atoms with van der Waals surface area (Å²) in [6.45, 7) is -6.74. The molecule has 2 heterocycles. The lowest BCUT2D eigenvalue weighted by molar-refractivity contribution is 0.0678. The maximum atomic E-state index is 12.9. The minimum Gasteiger partial charge on any atom is -0.390 e. The van der Waals surface area contributed by atoms with Gasteiger partial charge in [-0.2, -0.15) is 0 Å². The molecule has 2 rings (SSSR count). The van der Waals surface area contributed by atoms with Gasteiger partial charge >= 0.3 is 5.69 Å². The Hall–Kier alpha value is -1.89. The largest absolute Gasteiger partial charge is 0.390 e. The second-order valence-electron chi connectivity index (χ2n) is 5.41. The van der Waals surface area contributed by atoms with Gasteiger partial charge in [0, 0.05) is 31.1 Å². The van der Waals surface area contributed by atoms with E-state index in [4.69, 9.17) is 11.0 Å². The third-order valence-electron chi connectivity index (χ3n) is 3.53. The molecule has 1 N–H and O–H groups in total. The molecule has 0 aliphatic carbocycles. The third kappa shape index (κ3) is 3.72. The lowest BCUT2D eigenvalue weighted by Crippen LogP contribution is -2.39. The van der Waals surface area contributed by atoms with E-state index in [1.54, 1.807) is 6.92 Å². The summed E-state index contributed by atoms with van der Waals surface area (Å²) in [5.41, 5.74) is -4.41. The molecule has 0 aromatic carbocycles. The predicted octanol–water partition coefficient (Wildman–Crippen LogP) is 1.25. The van der Waals surface area contributed by atoms with Gasteiger partial charge in [0.1, 0.15) is 0 Å². The highest BCUT2D eigenvalue weighted by Gasteiger charge is 2.16. The van der Waals surface area contributed by atoms with Crippen molar-refractivity contribution in [3.05, 3.63) is 27.2 Å². The van der Waals surface area contributed by atoms with E-state index >= 15 is 0 Å². The molecular weight excluding hydrogens is 296 g/mol. The van der Waals surface area contributed by atoms with Crippen LogP contribution in [-0.2, 0) is 20.1 Å². The van der Waals surface area contributed by atoms with Gasteiger partial charge < -0.3 is 9.67 Å². The summed E-state index contributed by atoms with van der Waals surface area (Å²) >= 11 is 0. The van der Waals surface area contributed by atoms with Gasteiger partial charge in [0.25, 0.3) is 5.56 Å². The van der Waals surface area contributed by atoms with E-state index in [0.29, 0.717) is 0 Å². The van der Waals surface area contributed by atoms with E-state index in [0.717, 1.165) is 20.0 Å². The number of fused-ring (bicyclic) bond motifs is 1. The normalized spacial score (nSPS) is 21.2. The van der Waals surface area contributed by atoms with Crippen LogP contribution in [0.2, 0.25) is 0 Å². The number of rotatable bonds is 7. The van der Waals surface area contributed by atoms with Crippen LogP contribution in [-0.4, -0.2) is 29.4 Å². The molecule has 0 amide bonds. The van der Waals surface area contributed by atoms with Crippen molar-refractivity contribution in [2.24, 2.45) is 7.05 Å². The van der Waals surface area contributed by atoms with Crippen molar-refractivity contribution in [1.82, 2.24) is 18.7 Å². The smallest absolute Gasteiger partial charge is 0.332 e.